The zero-order chi connectivity index (χ0) is 15.0. The standard InChI is InChI=1S/C15H11F3N2O/c1-21-13-4-2-3-10(7-13)14-8-12-6-5-11(15(16,17)18)9-20(12)19-14/h2-9H,1H3. The SMILES string of the molecule is COc1cccc(-c2cc3ccc(C(F)(F)F)cn3n2)c1. The molecule has 0 aliphatic heterocycles. The highest BCUT2D eigenvalue weighted by Crippen LogP contribution is 2.30. The van der Waals surface area contributed by atoms with Gasteiger partial charge in [0.2, 0.25) is 0 Å². The van der Waals surface area contributed by atoms with Crippen molar-refractivity contribution in [3.05, 3.63) is 54.2 Å². The fourth-order valence-corrected chi connectivity index (χ4v) is 2.08. The molecule has 3 aromatic rings. The van der Waals surface area contributed by atoms with Crippen LogP contribution in [0.3, 0.4) is 0 Å². The summed E-state index contributed by atoms with van der Waals surface area (Å²) in [6.07, 6.45) is -3.39. The number of aromatic nitrogens is 2. The number of benzene rings is 1. The van der Waals surface area contributed by atoms with Gasteiger partial charge >= 0.3 is 6.18 Å². The number of rotatable bonds is 2. The van der Waals surface area contributed by atoms with Crippen LogP contribution < -0.4 is 4.74 Å². The number of methoxy groups -OCH3 is 1. The molecule has 0 unspecified atom stereocenters. The molecule has 0 atom stereocenters. The van der Waals surface area contributed by atoms with E-state index in [1.807, 2.05) is 6.07 Å². The third-order valence-corrected chi connectivity index (χ3v) is 3.15. The van der Waals surface area contributed by atoms with Crippen LogP contribution in [0.5, 0.6) is 5.75 Å². The average Bonchev–Trinajstić information content (AvgIpc) is 2.89. The van der Waals surface area contributed by atoms with E-state index >= 15 is 0 Å². The molecule has 0 saturated carbocycles. The Bertz CT molecular complexity index is 793. The van der Waals surface area contributed by atoms with E-state index in [-0.39, 0.29) is 0 Å². The van der Waals surface area contributed by atoms with Gasteiger partial charge in [-0.2, -0.15) is 18.3 Å². The molecular formula is C15H11F3N2O. The predicted molar refractivity (Wildman–Crippen MR) is 72.2 cm³/mol. The van der Waals surface area contributed by atoms with E-state index in [2.05, 4.69) is 5.10 Å². The number of fused-ring (bicyclic) bond motifs is 1. The number of pyridine rings is 1. The summed E-state index contributed by atoms with van der Waals surface area (Å²) in [4.78, 5) is 0. The van der Waals surface area contributed by atoms with Crippen molar-refractivity contribution in [1.82, 2.24) is 9.61 Å². The lowest BCUT2D eigenvalue weighted by molar-refractivity contribution is -0.137. The molecule has 108 valence electrons. The molecule has 0 amide bonds. The molecule has 2 aromatic heterocycles. The van der Waals surface area contributed by atoms with Gasteiger partial charge in [0.25, 0.3) is 0 Å². The predicted octanol–water partition coefficient (Wildman–Crippen LogP) is 4.03. The van der Waals surface area contributed by atoms with Crippen molar-refractivity contribution >= 4 is 5.52 Å². The van der Waals surface area contributed by atoms with Crippen molar-refractivity contribution in [2.75, 3.05) is 7.11 Å². The van der Waals surface area contributed by atoms with Crippen LogP contribution in [0.25, 0.3) is 16.8 Å². The molecule has 0 saturated heterocycles. The van der Waals surface area contributed by atoms with Crippen molar-refractivity contribution < 1.29 is 17.9 Å². The minimum absolute atomic E-state index is 0.591. The fourth-order valence-electron chi connectivity index (χ4n) is 2.08. The summed E-state index contributed by atoms with van der Waals surface area (Å²) in [5.41, 5.74) is 1.25. The topological polar surface area (TPSA) is 26.5 Å². The van der Waals surface area contributed by atoms with Gasteiger partial charge in [-0.05, 0) is 30.3 Å². The first-order valence-corrected chi connectivity index (χ1v) is 6.18. The Labute approximate surface area is 118 Å². The van der Waals surface area contributed by atoms with E-state index in [1.54, 1.807) is 31.4 Å². The van der Waals surface area contributed by atoms with Gasteiger partial charge in [0, 0.05) is 11.8 Å². The third-order valence-electron chi connectivity index (χ3n) is 3.15. The number of hydrogen-bond donors (Lipinski definition) is 0. The normalized spacial score (nSPS) is 11.8. The molecule has 0 radical (unpaired) electrons. The zero-order valence-electron chi connectivity index (χ0n) is 11.1. The Morgan fingerprint density at radius 1 is 1.10 bits per heavy atom. The Kier molecular flexibility index (Phi) is 3.08. The van der Waals surface area contributed by atoms with Crippen molar-refractivity contribution in [2.24, 2.45) is 0 Å². The van der Waals surface area contributed by atoms with Crippen molar-refractivity contribution in [3.63, 3.8) is 0 Å². The lowest BCUT2D eigenvalue weighted by atomic mass is 10.1. The monoisotopic (exact) mass is 292 g/mol. The Morgan fingerprint density at radius 3 is 2.62 bits per heavy atom. The highest BCUT2D eigenvalue weighted by molar-refractivity contribution is 5.67. The molecule has 0 aliphatic rings. The van der Waals surface area contributed by atoms with Crippen LogP contribution in [-0.2, 0) is 6.18 Å². The van der Waals surface area contributed by atoms with Crippen LogP contribution in [0, 0.1) is 0 Å². The molecule has 3 nitrogen and oxygen atoms in total. The van der Waals surface area contributed by atoms with Crippen molar-refractivity contribution in [1.29, 1.82) is 0 Å². The lowest BCUT2D eigenvalue weighted by Gasteiger charge is -2.05. The van der Waals surface area contributed by atoms with Gasteiger partial charge in [-0.25, -0.2) is 4.52 Å². The quantitative estimate of drug-likeness (QED) is 0.713. The zero-order valence-corrected chi connectivity index (χ0v) is 11.1. The minimum atomic E-state index is -4.38. The van der Waals surface area contributed by atoms with E-state index in [9.17, 15) is 13.2 Å². The molecule has 21 heavy (non-hydrogen) atoms. The molecule has 0 aliphatic carbocycles. The fraction of sp³-hybridized carbons (Fsp3) is 0.133. The van der Waals surface area contributed by atoms with Gasteiger partial charge in [-0.15, -0.1) is 0 Å². The summed E-state index contributed by atoms with van der Waals surface area (Å²) in [7, 11) is 1.55. The minimum Gasteiger partial charge on any atom is -0.497 e. The first-order chi connectivity index (χ1) is 9.97. The highest BCUT2D eigenvalue weighted by Gasteiger charge is 2.30. The molecular weight excluding hydrogens is 281 g/mol. The molecule has 0 bridgehead atoms. The molecule has 1 aromatic carbocycles. The third kappa shape index (κ3) is 2.56. The van der Waals surface area contributed by atoms with Crippen LogP contribution in [0.2, 0.25) is 0 Å². The molecule has 6 heteroatoms. The lowest BCUT2D eigenvalue weighted by Crippen LogP contribution is -2.06. The van der Waals surface area contributed by atoms with Gasteiger partial charge < -0.3 is 4.74 Å². The number of alkyl halides is 3. The number of ether oxygens (including phenoxy) is 1. The van der Waals surface area contributed by atoms with Crippen LogP contribution in [0.15, 0.2) is 48.7 Å². The largest absolute Gasteiger partial charge is 0.497 e. The Morgan fingerprint density at radius 2 is 1.90 bits per heavy atom. The van der Waals surface area contributed by atoms with E-state index in [4.69, 9.17) is 4.74 Å². The second-order valence-corrected chi connectivity index (χ2v) is 4.55. The Hall–Kier alpha value is -2.50. The average molecular weight is 292 g/mol. The van der Waals surface area contributed by atoms with Gasteiger partial charge in [-0.3, -0.25) is 0 Å². The molecule has 3 rings (SSSR count). The summed E-state index contributed by atoms with van der Waals surface area (Å²) >= 11 is 0. The summed E-state index contributed by atoms with van der Waals surface area (Å²) in [5, 5.41) is 4.19. The van der Waals surface area contributed by atoms with E-state index in [1.165, 1.54) is 10.6 Å². The van der Waals surface area contributed by atoms with Crippen LogP contribution in [0.1, 0.15) is 5.56 Å². The van der Waals surface area contributed by atoms with Crippen LogP contribution >= 0.6 is 0 Å². The second-order valence-electron chi connectivity index (χ2n) is 4.55. The number of nitrogens with zero attached hydrogens (tertiary/aromatic N) is 2. The van der Waals surface area contributed by atoms with Gasteiger partial charge in [0.05, 0.1) is 23.9 Å². The van der Waals surface area contributed by atoms with E-state index in [0.717, 1.165) is 17.8 Å². The highest BCUT2D eigenvalue weighted by atomic mass is 19.4. The van der Waals surface area contributed by atoms with Crippen LogP contribution in [-0.4, -0.2) is 16.7 Å². The number of hydrogen-bond acceptors (Lipinski definition) is 2. The summed E-state index contributed by atoms with van der Waals surface area (Å²) in [5.74, 6) is 0.667. The number of halogens is 3. The van der Waals surface area contributed by atoms with Gasteiger partial charge in [0.1, 0.15) is 5.75 Å². The Balaban J connectivity index is 2.08. The van der Waals surface area contributed by atoms with E-state index < -0.39 is 11.7 Å². The molecule has 2 heterocycles. The van der Waals surface area contributed by atoms with Crippen molar-refractivity contribution in [2.45, 2.75) is 6.18 Å². The molecule has 0 fully saturated rings. The maximum absolute atomic E-state index is 12.7. The van der Waals surface area contributed by atoms with Crippen molar-refractivity contribution in [3.8, 4) is 17.0 Å². The summed E-state index contributed by atoms with van der Waals surface area (Å²) in [6.45, 7) is 0. The molecule has 0 spiro atoms. The van der Waals surface area contributed by atoms with E-state index in [0.29, 0.717) is 17.0 Å². The first kappa shape index (κ1) is 13.5. The first-order valence-electron chi connectivity index (χ1n) is 6.18. The smallest absolute Gasteiger partial charge is 0.417 e. The second kappa shape index (κ2) is 4.80. The van der Waals surface area contributed by atoms with Crippen LogP contribution in [0.4, 0.5) is 13.2 Å². The maximum Gasteiger partial charge on any atom is 0.417 e. The maximum atomic E-state index is 12.7. The molecule has 0 N–H and O–H groups in total. The summed E-state index contributed by atoms with van der Waals surface area (Å²) in [6, 6.07) is 11.4. The van der Waals surface area contributed by atoms with Gasteiger partial charge in [-0.1, -0.05) is 12.1 Å². The van der Waals surface area contributed by atoms with Gasteiger partial charge in [0.15, 0.2) is 0 Å². The summed E-state index contributed by atoms with van der Waals surface area (Å²) < 4.78 is 44.4.